The molecule has 190 valence electrons. The highest BCUT2D eigenvalue weighted by atomic mass is 19.4. The Morgan fingerprint density at radius 2 is 1.69 bits per heavy atom. The number of ether oxygens (including phenoxy) is 3. The Balaban J connectivity index is 1.65. The first kappa shape index (κ1) is 25.4. The lowest BCUT2D eigenvalue weighted by Crippen LogP contribution is -2.42. The van der Waals surface area contributed by atoms with Gasteiger partial charge in [-0.05, 0) is 86.0 Å². The quantitative estimate of drug-likeness (QED) is 0.382. The van der Waals surface area contributed by atoms with E-state index in [-0.39, 0.29) is 18.3 Å². The highest BCUT2D eigenvalue weighted by Gasteiger charge is 2.35. The molecule has 0 radical (unpaired) electrons. The third-order valence-corrected chi connectivity index (χ3v) is 6.01. The van der Waals surface area contributed by atoms with Gasteiger partial charge in [0.1, 0.15) is 23.9 Å². The molecule has 36 heavy (non-hydrogen) atoms. The van der Waals surface area contributed by atoms with Crippen molar-refractivity contribution < 1.29 is 32.2 Å². The number of fused-ring (bicyclic) bond motifs is 1. The second kappa shape index (κ2) is 10.5. The van der Waals surface area contributed by atoms with Crippen LogP contribution in [0, 0.1) is 0 Å². The van der Waals surface area contributed by atoms with Gasteiger partial charge in [0.25, 0.3) is 5.91 Å². The maximum Gasteiger partial charge on any atom is 0.416 e. The monoisotopic (exact) mass is 499 g/mol. The zero-order valence-electron chi connectivity index (χ0n) is 20.3. The second-order valence-corrected chi connectivity index (χ2v) is 8.86. The van der Waals surface area contributed by atoms with E-state index in [4.69, 9.17) is 14.2 Å². The molecule has 0 bridgehead atoms. The Hall–Kier alpha value is -3.68. The number of halogens is 3. The Kier molecular flexibility index (Phi) is 7.43. The number of alkyl halides is 3. The summed E-state index contributed by atoms with van der Waals surface area (Å²) >= 11 is 0. The Morgan fingerprint density at radius 1 is 1.00 bits per heavy atom. The Bertz CT molecular complexity index is 1210. The minimum atomic E-state index is -4.53. The number of amides is 1. The van der Waals surface area contributed by atoms with Gasteiger partial charge in [0.05, 0.1) is 24.8 Å². The summed E-state index contributed by atoms with van der Waals surface area (Å²) in [6, 6.07) is 16.8. The van der Waals surface area contributed by atoms with Crippen LogP contribution in [0.3, 0.4) is 0 Å². The molecule has 0 saturated carbocycles. The molecule has 0 aliphatic carbocycles. The van der Waals surface area contributed by atoms with Crippen LogP contribution in [0.2, 0.25) is 0 Å². The normalized spacial score (nSPS) is 15.4. The summed E-state index contributed by atoms with van der Waals surface area (Å²) in [5, 5.41) is 0. The zero-order chi connectivity index (χ0) is 25.9. The molecule has 8 heteroatoms. The van der Waals surface area contributed by atoms with Gasteiger partial charge < -0.3 is 19.1 Å². The van der Waals surface area contributed by atoms with Crippen molar-refractivity contribution in [1.29, 1.82) is 0 Å². The summed E-state index contributed by atoms with van der Waals surface area (Å²) in [6.45, 7) is 4.36. The maximum atomic E-state index is 13.5. The number of nitrogens with zero attached hydrogens (tertiary/aromatic N) is 1. The molecular formula is C28H28F3NO4. The van der Waals surface area contributed by atoms with Crippen molar-refractivity contribution in [3.8, 4) is 17.2 Å². The molecule has 1 aliphatic rings. The van der Waals surface area contributed by atoms with Crippen LogP contribution < -0.4 is 14.2 Å². The van der Waals surface area contributed by atoms with Crippen LogP contribution in [-0.2, 0) is 12.6 Å². The number of benzene rings is 3. The van der Waals surface area contributed by atoms with Gasteiger partial charge in [0.2, 0.25) is 0 Å². The summed E-state index contributed by atoms with van der Waals surface area (Å²) in [5.41, 5.74) is 1.03. The molecule has 0 saturated heterocycles. The lowest BCUT2D eigenvalue weighted by Gasteiger charge is -2.37. The highest BCUT2D eigenvalue weighted by molar-refractivity contribution is 5.95. The number of hydrogen-bond acceptors (Lipinski definition) is 4. The van der Waals surface area contributed by atoms with Crippen molar-refractivity contribution >= 4 is 5.91 Å². The van der Waals surface area contributed by atoms with E-state index in [2.05, 4.69) is 0 Å². The molecule has 3 aromatic carbocycles. The number of rotatable bonds is 7. The molecule has 1 amide bonds. The van der Waals surface area contributed by atoms with Gasteiger partial charge >= 0.3 is 6.18 Å². The van der Waals surface area contributed by atoms with E-state index < -0.39 is 23.7 Å². The van der Waals surface area contributed by atoms with Crippen LogP contribution in [0.1, 0.15) is 46.9 Å². The summed E-state index contributed by atoms with van der Waals surface area (Å²) < 4.78 is 56.9. The molecule has 1 aliphatic heterocycles. The van der Waals surface area contributed by atoms with Gasteiger partial charge in [0, 0.05) is 12.1 Å². The van der Waals surface area contributed by atoms with Gasteiger partial charge in [0.15, 0.2) is 0 Å². The lowest BCUT2D eigenvalue weighted by molar-refractivity contribution is -0.137. The average Bonchev–Trinajstić information content (AvgIpc) is 2.86. The van der Waals surface area contributed by atoms with Gasteiger partial charge in [-0.2, -0.15) is 13.2 Å². The first-order valence-corrected chi connectivity index (χ1v) is 11.7. The van der Waals surface area contributed by atoms with Crippen LogP contribution in [0.15, 0.2) is 66.7 Å². The van der Waals surface area contributed by atoms with E-state index in [1.165, 1.54) is 12.1 Å². The first-order valence-electron chi connectivity index (χ1n) is 11.7. The zero-order valence-corrected chi connectivity index (χ0v) is 20.3. The topological polar surface area (TPSA) is 48.0 Å². The largest absolute Gasteiger partial charge is 0.497 e. The van der Waals surface area contributed by atoms with Gasteiger partial charge in [-0.1, -0.05) is 12.1 Å². The molecule has 0 aromatic heterocycles. The van der Waals surface area contributed by atoms with Crippen LogP contribution >= 0.6 is 0 Å². The Morgan fingerprint density at radius 3 is 2.36 bits per heavy atom. The minimum absolute atomic E-state index is 0.0116. The van der Waals surface area contributed by atoms with Crippen molar-refractivity contribution in [2.45, 2.75) is 38.6 Å². The van der Waals surface area contributed by atoms with Gasteiger partial charge in [-0.25, -0.2) is 0 Å². The predicted octanol–water partition coefficient (Wildman–Crippen LogP) is 6.32. The summed E-state index contributed by atoms with van der Waals surface area (Å²) in [4.78, 5) is 15.1. The van der Waals surface area contributed by atoms with Crippen molar-refractivity contribution in [1.82, 2.24) is 4.90 Å². The van der Waals surface area contributed by atoms with E-state index in [0.717, 1.165) is 29.0 Å². The third-order valence-electron chi connectivity index (χ3n) is 6.01. The molecule has 0 N–H and O–H groups in total. The summed E-state index contributed by atoms with van der Waals surface area (Å²) in [5.74, 6) is 1.53. The molecule has 1 heterocycles. The van der Waals surface area contributed by atoms with E-state index in [9.17, 15) is 18.0 Å². The third kappa shape index (κ3) is 5.75. The lowest BCUT2D eigenvalue weighted by atomic mass is 9.91. The standard InChI is InChI=1S/C28H28F3NO4/c1-18(2)36-24-11-12-25-19(16-24)13-14-32(26(25)17-35-23-9-7-22(34-3)8-10-23)27(33)20-5-4-6-21(15-20)28(29,30)31/h4-12,15-16,18,26H,13-14,17H2,1-3H3. The fourth-order valence-corrected chi connectivity index (χ4v) is 4.30. The van der Waals surface area contributed by atoms with E-state index >= 15 is 0 Å². The number of methoxy groups -OCH3 is 1. The second-order valence-electron chi connectivity index (χ2n) is 8.86. The van der Waals surface area contributed by atoms with Crippen LogP contribution in [0.4, 0.5) is 13.2 Å². The molecule has 4 rings (SSSR count). The first-order chi connectivity index (χ1) is 17.2. The molecule has 1 atom stereocenters. The number of carbonyl (C=O) groups is 1. The molecule has 0 fully saturated rings. The smallest absolute Gasteiger partial charge is 0.416 e. The van der Waals surface area contributed by atoms with E-state index in [0.29, 0.717) is 24.5 Å². The summed E-state index contributed by atoms with van der Waals surface area (Å²) in [7, 11) is 1.57. The SMILES string of the molecule is COc1ccc(OCC2c3ccc(OC(C)C)cc3CCN2C(=O)c2cccc(C(F)(F)F)c2)cc1. The van der Waals surface area contributed by atoms with E-state index in [1.54, 1.807) is 36.3 Å². The van der Waals surface area contributed by atoms with E-state index in [1.807, 2.05) is 32.0 Å². The fourth-order valence-electron chi connectivity index (χ4n) is 4.30. The number of carbonyl (C=O) groups excluding carboxylic acids is 1. The van der Waals surface area contributed by atoms with Gasteiger partial charge in [-0.3, -0.25) is 4.79 Å². The molecule has 3 aromatic rings. The molecule has 0 spiro atoms. The van der Waals surface area contributed by atoms with Crippen LogP contribution in [0.25, 0.3) is 0 Å². The van der Waals surface area contributed by atoms with Gasteiger partial charge in [-0.15, -0.1) is 0 Å². The minimum Gasteiger partial charge on any atom is -0.497 e. The maximum absolute atomic E-state index is 13.5. The molecule has 1 unspecified atom stereocenters. The number of hydrogen-bond donors (Lipinski definition) is 0. The Labute approximate surface area is 208 Å². The average molecular weight is 500 g/mol. The fraction of sp³-hybridized carbons (Fsp3) is 0.321. The van der Waals surface area contributed by atoms with Crippen LogP contribution in [-0.4, -0.2) is 37.2 Å². The molecule has 5 nitrogen and oxygen atoms in total. The van der Waals surface area contributed by atoms with Crippen molar-refractivity contribution in [3.63, 3.8) is 0 Å². The van der Waals surface area contributed by atoms with Crippen molar-refractivity contribution in [3.05, 3.63) is 89.0 Å². The van der Waals surface area contributed by atoms with Crippen molar-refractivity contribution in [2.75, 3.05) is 20.3 Å². The molecular weight excluding hydrogens is 471 g/mol. The predicted molar refractivity (Wildman–Crippen MR) is 130 cm³/mol. The van der Waals surface area contributed by atoms with Crippen LogP contribution in [0.5, 0.6) is 17.2 Å². The highest BCUT2D eigenvalue weighted by Crippen LogP contribution is 2.35. The van der Waals surface area contributed by atoms with Crippen molar-refractivity contribution in [2.24, 2.45) is 0 Å². The summed E-state index contributed by atoms with van der Waals surface area (Å²) in [6.07, 6.45) is -3.97.